The van der Waals surface area contributed by atoms with Crippen LogP contribution in [0.2, 0.25) is 0 Å². The maximum atomic E-state index is 12.2. The van der Waals surface area contributed by atoms with Crippen molar-refractivity contribution in [3.05, 3.63) is 46.8 Å². The number of nitrogens with two attached hydrogens (primary N) is 1. The van der Waals surface area contributed by atoms with Crippen molar-refractivity contribution in [2.24, 2.45) is 12.9 Å². The summed E-state index contributed by atoms with van der Waals surface area (Å²) in [6, 6.07) is 5.37. The number of aryl methyl sites for hydroxylation is 3. The van der Waals surface area contributed by atoms with Crippen LogP contribution in [0.4, 0.5) is 5.69 Å². The molecular weight excluding hydrogens is 254 g/mol. The SMILES string of the molecule is Cc1cc(NN)ccc1C(=O)NCc1cn(C)nc1C. The third-order valence-corrected chi connectivity index (χ3v) is 3.19. The lowest BCUT2D eigenvalue weighted by Crippen LogP contribution is -2.24. The van der Waals surface area contributed by atoms with Gasteiger partial charge in [-0.25, -0.2) is 0 Å². The van der Waals surface area contributed by atoms with E-state index in [0.29, 0.717) is 12.1 Å². The predicted octanol–water partition coefficient (Wildman–Crippen LogP) is 1.25. The maximum absolute atomic E-state index is 12.2. The fourth-order valence-corrected chi connectivity index (χ4v) is 2.10. The van der Waals surface area contributed by atoms with Gasteiger partial charge in [0.15, 0.2) is 0 Å². The normalized spacial score (nSPS) is 10.4. The van der Waals surface area contributed by atoms with Gasteiger partial charge in [-0.1, -0.05) is 0 Å². The van der Waals surface area contributed by atoms with Crippen LogP contribution in [0.3, 0.4) is 0 Å². The number of nitrogen functional groups attached to an aromatic ring is 1. The number of rotatable bonds is 4. The Balaban J connectivity index is 2.07. The van der Waals surface area contributed by atoms with E-state index in [1.54, 1.807) is 16.8 Å². The van der Waals surface area contributed by atoms with Crippen LogP contribution in [0.1, 0.15) is 27.2 Å². The molecule has 0 bridgehead atoms. The van der Waals surface area contributed by atoms with Crippen LogP contribution < -0.4 is 16.6 Å². The number of anilines is 1. The summed E-state index contributed by atoms with van der Waals surface area (Å²) in [4.78, 5) is 12.2. The smallest absolute Gasteiger partial charge is 0.251 e. The molecule has 0 fully saturated rings. The largest absolute Gasteiger partial charge is 0.348 e. The molecule has 1 heterocycles. The van der Waals surface area contributed by atoms with E-state index < -0.39 is 0 Å². The molecule has 6 heteroatoms. The Morgan fingerprint density at radius 2 is 2.15 bits per heavy atom. The fourth-order valence-electron chi connectivity index (χ4n) is 2.10. The highest BCUT2D eigenvalue weighted by atomic mass is 16.1. The molecule has 0 saturated heterocycles. The molecule has 0 spiro atoms. The summed E-state index contributed by atoms with van der Waals surface area (Å²) in [6.45, 7) is 4.27. The minimum absolute atomic E-state index is 0.102. The van der Waals surface area contributed by atoms with Crippen LogP contribution in [0, 0.1) is 13.8 Å². The highest BCUT2D eigenvalue weighted by molar-refractivity contribution is 5.96. The average Bonchev–Trinajstić information content (AvgIpc) is 2.74. The minimum atomic E-state index is -0.102. The molecule has 0 unspecified atom stereocenters. The first kappa shape index (κ1) is 14.1. The van der Waals surface area contributed by atoms with Crippen LogP contribution in [0.15, 0.2) is 24.4 Å². The maximum Gasteiger partial charge on any atom is 0.251 e. The van der Waals surface area contributed by atoms with Crippen molar-refractivity contribution in [3.63, 3.8) is 0 Å². The predicted molar refractivity (Wildman–Crippen MR) is 78.1 cm³/mol. The molecule has 0 aliphatic carbocycles. The van der Waals surface area contributed by atoms with Crippen molar-refractivity contribution in [2.75, 3.05) is 5.43 Å². The van der Waals surface area contributed by atoms with E-state index in [0.717, 1.165) is 22.5 Å². The van der Waals surface area contributed by atoms with Gasteiger partial charge in [0, 0.05) is 36.6 Å². The number of amides is 1. The topological polar surface area (TPSA) is 85.0 Å². The number of benzene rings is 1. The molecule has 0 aliphatic rings. The Kier molecular flexibility index (Phi) is 4.05. The van der Waals surface area contributed by atoms with E-state index in [1.165, 1.54) is 0 Å². The van der Waals surface area contributed by atoms with Crippen molar-refractivity contribution in [3.8, 4) is 0 Å². The fraction of sp³-hybridized carbons (Fsp3) is 0.286. The Morgan fingerprint density at radius 3 is 2.70 bits per heavy atom. The zero-order valence-electron chi connectivity index (χ0n) is 11.9. The molecule has 1 aromatic heterocycles. The molecule has 20 heavy (non-hydrogen) atoms. The minimum Gasteiger partial charge on any atom is -0.348 e. The molecule has 2 aromatic rings. The van der Waals surface area contributed by atoms with E-state index in [4.69, 9.17) is 5.84 Å². The first-order chi connectivity index (χ1) is 9.51. The lowest BCUT2D eigenvalue weighted by molar-refractivity contribution is 0.0950. The molecule has 6 nitrogen and oxygen atoms in total. The summed E-state index contributed by atoms with van der Waals surface area (Å²) < 4.78 is 1.74. The Morgan fingerprint density at radius 1 is 1.40 bits per heavy atom. The molecule has 0 aliphatic heterocycles. The zero-order chi connectivity index (χ0) is 14.7. The molecule has 1 amide bonds. The van der Waals surface area contributed by atoms with Gasteiger partial charge in [-0.15, -0.1) is 0 Å². The van der Waals surface area contributed by atoms with Crippen molar-refractivity contribution in [2.45, 2.75) is 20.4 Å². The monoisotopic (exact) mass is 273 g/mol. The third kappa shape index (κ3) is 2.97. The number of aromatic nitrogens is 2. The highest BCUT2D eigenvalue weighted by Crippen LogP contribution is 2.14. The number of carbonyl (C=O) groups excluding carboxylic acids is 1. The molecule has 0 atom stereocenters. The van der Waals surface area contributed by atoms with Gasteiger partial charge in [0.25, 0.3) is 5.91 Å². The van der Waals surface area contributed by atoms with E-state index in [2.05, 4.69) is 15.8 Å². The lowest BCUT2D eigenvalue weighted by Gasteiger charge is -2.09. The molecule has 2 rings (SSSR count). The molecule has 0 radical (unpaired) electrons. The molecular formula is C14H19N5O. The van der Waals surface area contributed by atoms with Crippen LogP contribution in [-0.4, -0.2) is 15.7 Å². The molecule has 0 saturated carbocycles. The number of hydrogen-bond acceptors (Lipinski definition) is 4. The second kappa shape index (κ2) is 5.75. The van der Waals surface area contributed by atoms with Gasteiger partial charge in [0.05, 0.1) is 5.69 Å². The van der Waals surface area contributed by atoms with Gasteiger partial charge in [-0.3, -0.25) is 15.3 Å². The summed E-state index contributed by atoms with van der Waals surface area (Å²) >= 11 is 0. The Hall–Kier alpha value is -2.34. The second-order valence-electron chi connectivity index (χ2n) is 4.77. The van der Waals surface area contributed by atoms with Gasteiger partial charge >= 0.3 is 0 Å². The lowest BCUT2D eigenvalue weighted by atomic mass is 10.1. The number of hydrazine groups is 1. The quantitative estimate of drug-likeness (QED) is 0.578. The van der Waals surface area contributed by atoms with Gasteiger partial charge in [-0.2, -0.15) is 5.10 Å². The Labute approximate surface area is 117 Å². The van der Waals surface area contributed by atoms with E-state index in [-0.39, 0.29) is 5.91 Å². The summed E-state index contributed by atoms with van der Waals surface area (Å²) in [5.74, 6) is 5.24. The summed E-state index contributed by atoms with van der Waals surface area (Å²) in [7, 11) is 1.86. The summed E-state index contributed by atoms with van der Waals surface area (Å²) in [5.41, 5.74) is 6.79. The standard InChI is InChI=1S/C14H19N5O/c1-9-6-12(17-15)4-5-13(9)14(20)16-7-11-8-19(3)18-10(11)2/h4-6,8,17H,7,15H2,1-3H3,(H,16,20). The first-order valence-corrected chi connectivity index (χ1v) is 6.36. The van der Waals surface area contributed by atoms with Crippen LogP contribution >= 0.6 is 0 Å². The van der Waals surface area contributed by atoms with Crippen molar-refractivity contribution in [1.29, 1.82) is 0 Å². The van der Waals surface area contributed by atoms with Gasteiger partial charge < -0.3 is 10.7 Å². The first-order valence-electron chi connectivity index (χ1n) is 6.36. The summed E-state index contributed by atoms with van der Waals surface area (Å²) in [6.07, 6.45) is 1.91. The summed E-state index contributed by atoms with van der Waals surface area (Å²) in [5, 5.41) is 7.15. The van der Waals surface area contributed by atoms with Gasteiger partial charge in [-0.05, 0) is 37.6 Å². The van der Waals surface area contributed by atoms with Crippen molar-refractivity contribution >= 4 is 11.6 Å². The zero-order valence-corrected chi connectivity index (χ0v) is 11.9. The van der Waals surface area contributed by atoms with Gasteiger partial charge in [0.2, 0.25) is 0 Å². The second-order valence-corrected chi connectivity index (χ2v) is 4.77. The number of nitrogens with one attached hydrogen (secondary N) is 2. The average molecular weight is 273 g/mol. The van der Waals surface area contributed by atoms with Crippen LogP contribution in [0.25, 0.3) is 0 Å². The third-order valence-electron chi connectivity index (χ3n) is 3.19. The molecule has 1 aromatic carbocycles. The van der Waals surface area contributed by atoms with Crippen LogP contribution in [0.5, 0.6) is 0 Å². The number of nitrogens with zero attached hydrogens (tertiary/aromatic N) is 2. The highest BCUT2D eigenvalue weighted by Gasteiger charge is 2.10. The van der Waals surface area contributed by atoms with Crippen molar-refractivity contribution in [1.82, 2.24) is 15.1 Å². The van der Waals surface area contributed by atoms with E-state index in [9.17, 15) is 4.79 Å². The molecule has 106 valence electrons. The van der Waals surface area contributed by atoms with Crippen LogP contribution in [-0.2, 0) is 13.6 Å². The number of carbonyl (C=O) groups is 1. The van der Waals surface area contributed by atoms with Crippen molar-refractivity contribution < 1.29 is 4.79 Å². The van der Waals surface area contributed by atoms with E-state index >= 15 is 0 Å². The Bertz CT molecular complexity index is 632. The number of hydrogen-bond donors (Lipinski definition) is 3. The van der Waals surface area contributed by atoms with E-state index in [1.807, 2.05) is 33.2 Å². The molecule has 4 N–H and O–H groups in total. The van der Waals surface area contributed by atoms with Gasteiger partial charge in [0.1, 0.15) is 0 Å².